The lowest BCUT2D eigenvalue weighted by Gasteiger charge is -1.86. The van der Waals surface area contributed by atoms with Gasteiger partial charge in [-0.15, -0.1) is 9.89 Å². The Morgan fingerprint density at radius 2 is 2.46 bits per heavy atom. The number of hydrogen-bond acceptors (Lipinski definition) is 4. The molecule has 0 saturated carbocycles. The van der Waals surface area contributed by atoms with Crippen molar-refractivity contribution in [2.24, 2.45) is 5.10 Å². The highest BCUT2D eigenvalue weighted by Gasteiger charge is 1.93. The van der Waals surface area contributed by atoms with Crippen molar-refractivity contribution in [2.45, 2.75) is 6.92 Å². The highest BCUT2D eigenvalue weighted by molar-refractivity contribution is 5.75. The van der Waals surface area contributed by atoms with Crippen LogP contribution >= 0.6 is 0 Å². The molecule has 13 heavy (non-hydrogen) atoms. The van der Waals surface area contributed by atoms with Gasteiger partial charge in [0, 0.05) is 0 Å². The Kier molecular flexibility index (Phi) is 1.91. The molecule has 2 heterocycles. The molecular weight excluding hydrogens is 168 g/mol. The molecule has 0 atom stereocenters. The molecule has 2 aromatic heterocycles. The van der Waals surface area contributed by atoms with Gasteiger partial charge in [0.2, 0.25) is 0 Å². The van der Waals surface area contributed by atoms with Gasteiger partial charge in [0.1, 0.15) is 24.2 Å². The van der Waals surface area contributed by atoms with Gasteiger partial charge in [0.15, 0.2) is 0 Å². The fourth-order valence-corrected chi connectivity index (χ4v) is 0.900. The van der Waals surface area contributed by atoms with Crippen LogP contribution in [-0.4, -0.2) is 21.1 Å². The van der Waals surface area contributed by atoms with Crippen molar-refractivity contribution in [1.29, 1.82) is 0 Å². The van der Waals surface area contributed by atoms with Gasteiger partial charge >= 0.3 is 0 Å². The standard InChI is InChI=1S/C8H8N4O/c1-7-2-3-8(13-7)4-10-12-6-9-5-11-12/h2-6H,1H3/b10-4+. The van der Waals surface area contributed by atoms with Crippen LogP contribution in [0.4, 0.5) is 0 Å². The molecule has 0 aliphatic heterocycles. The first-order valence-electron chi connectivity index (χ1n) is 3.80. The van der Waals surface area contributed by atoms with Crippen molar-refractivity contribution in [1.82, 2.24) is 14.9 Å². The molecule has 0 aromatic carbocycles. The maximum atomic E-state index is 5.27. The lowest BCUT2D eigenvalue weighted by atomic mass is 10.4. The molecule has 0 saturated heterocycles. The normalized spacial score (nSPS) is 11.2. The van der Waals surface area contributed by atoms with Crippen molar-refractivity contribution in [3.63, 3.8) is 0 Å². The molecule has 0 unspecified atom stereocenters. The van der Waals surface area contributed by atoms with E-state index >= 15 is 0 Å². The molecule has 0 aliphatic rings. The monoisotopic (exact) mass is 176 g/mol. The molecular formula is C8H8N4O. The molecule has 2 aromatic rings. The second-order valence-electron chi connectivity index (χ2n) is 2.51. The van der Waals surface area contributed by atoms with Crippen LogP contribution in [0.5, 0.6) is 0 Å². The van der Waals surface area contributed by atoms with Crippen LogP contribution in [0.1, 0.15) is 11.5 Å². The molecule has 5 nitrogen and oxygen atoms in total. The summed E-state index contributed by atoms with van der Waals surface area (Å²) < 4.78 is 5.27. The molecule has 2 rings (SSSR count). The first-order valence-corrected chi connectivity index (χ1v) is 3.80. The Labute approximate surface area is 74.7 Å². The first kappa shape index (κ1) is 7.72. The third-order valence-electron chi connectivity index (χ3n) is 1.47. The minimum absolute atomic E-state index is 0.702. The quantitative estimate of drug-likeness (QED) is 0.643. The lowest BCUT2D eigenvalue weighted by Crippen LogP contribution is -1.89. The average molecular weight is 176 g/mol. The number of aromatic nitrogens is 3. The molecule has 0 radical (unpaired) electrons. The number of rotatable bonds is 2. The van der Waals surface area contributed by atoms with Gasteiger partial charge in [-0.2, -0.15) is 5.10 Å². The van der Waals surface area contributed by atoms with Gasteiger partial charge in [0.25, 0.3) is 0 Å². The molecule has 5 heteroatoms. The third-order valence-corrected chi connectivity index (χ3v) is 1.47. The molecule has 0 bridgehead atoms. The van der Waals surface area contributed by atoms with E-state index in [-0.39, 0.29) is 0 Å². The van der Waals surface area contributed by atoms with Gasteiger partial charge in [0.05, 0.1) is 6.21 Å². The summed E-state index contributed by atoms with van der Waals surface area (Å²) in [5.41, 5.74) is 0. The Balaban J connectivity index is 2.14. The van der Waals surface area contributed by atoms with E-state index in [2.05, 4.69) is 15.2 Å². The number of aryl methyl sites for hydroxylation is 1. The maximum Gasteiger partial charge on any atom is 0.147 e. The summed E-state index contributed by atoms with van der Waals surface area (Å²) in [4.78, 5) is 5.11. The Morgan fingerprint density at radius 1 is 1.54 bits per heavy atom. The molecule has 0 aliphatic carbocycles. The van der Waals surface area contributed by atoms with E-state index < -0.39 is 0 Å². The Hall–Kier alpha value is -1.91. The van der Waals surface area contributed by atoms with Crippen LogP contribution < -0.4 is 0 Å². The van der Waals surface area contributed by atoms with Crippen molar-refractivity contribution >= 4 is 6.21 Å². The molecule has 0 N–H and O–H groups in total. The summed E-state index contributed by atoms with van der Waals surface area (Å²) >= 11 is 0. The minimum atomic E-state index is 0.702. The minimum Gasteiger partial charge on any atom is -0.460 e. The van der Waals surface area contributed by atoms with Crippen molar-refractivity contribution in [3.8, 4) is 0 Å². The van der Waals surface area contributed by atoms with Gasteiger partial charge in [-0.05, 0) is 19.1 Å². The fourth-order valence-electron chi connectivity index (χ4n) is 0.900. The fraction of sp³-hybridized carbons (Fsp3) is 0.125. The first-order chi connectivity index (χ1) is 6.34. The third kappa shape index (κ3) is 1.81. The molecule has 0 fully saturated rings. The van der Waals surface area contributed by atoms with Gasteiger partial charge in [-0.1, -0.05) is 0 Å². The SMILES string of the molecule is Cc1ccc(/C=N/n2cncn2)o1. The number of nitrogens with zero attached hydrogens (tertiary/aromatic N) is 4. The van der Waals surface area contributed by atoms with Crippen molar-refractivity contribution in [2.75, 3.05) is 0 Å². The maximum absolute atomic E-state index is 5.27. The van der Waals surface area contributed by atoms with E-state index in [0.29, 0.717) is 5.76 Å². The van der Waals surface area contributed by atoms with Crippen molar-refractivity contribution < 1.29 is 4.42 Å². The smallest absolute Gasteiger partial charge is 0.147 e. The average Bonchev–Trinajstić information content (AvgIpc) is 2.71. The number of hydrogen-bond donors (Lipinski definition) is 0. The highest BCUT2D eigenvalue weighted by Crippen LogP contribution is 2.02. The van der Waals surface area contributed by atoms with Crippen LogP contribution in [-0.2, 0) is 0 Å². The number of furan rings is 1. The summed E-state index contributed by atoms with van der Waals surface area (Å²) in [7, 11) is 0. The summed E-state index contributed by atoms with van der Waals surface area (Å²) in [5.74, 6) is 1.56. The Bertz CT molecular complexity index is 401. The second kappa shape index (κ2) is 3.22. The summed E-state index contributed by atoms with van der Waals surface area (Å²) in [6.07, 6.45) is 4.51. The van der Waals surface area contributed by atoms with E-state index in [1.54, 1.807) is 6.21 Å². The van der Waals surface area contributed by atoms with E-state index in [1.165, 1.54) is 17.4 Å². The van der Waals surface area contributed by atoms with Gasteiger partial charge in [-0.3, -0.25) is 0 Å². The second-order valence-corrected chi connectivity index (χ2v) is 2.51. The van der Waals surface area contributed by atoms with E-state index in [0.717, 1.165) is 5.76 Å². The van der Waals surface area contributed by atoms with Crippen LogP contribution in [0.3, 0.4) is 0 Å². The van der Waals surface area contributed by atoms with Crippen LogP contribution in [0.25, 0.3) is 0 Å². The highest BCUT2D eigenvalue weighted by atomic mass is 16.3. The predicted molar refractivity (Wildman–Crippen MR) is 46.5 cm³/mol. The summed E-state index contributed by atoms with van der Waals surface area (Å²) in [5, 5.41) is 7.78. The molecule has 66 valence electrons. The Morgan fingerprint density at radius 3 is 3.08 bits per heavy atom. The van der Waals surface area contributed by atoms with Crippen LogP contribution in [0.15, 0.2) is 34.3 Å². The zero-order valence-electron chi connectivity index (χ0n) is 7.08. The zero-order chi connectivity index (χ0) is 9.10. The van der Waals surface area contributed by atoms with Crippen LogP contribution in [0, 0.1) is 6.92 Å². The summed E-state index contributed by atoms with van der Waals surface area (Å²) in [6, 6.07) is 3.72. The van der Waals surface area contributed by atoms with Gasteiger partial charge in [-0.25, -0.2) is 4.98 Å². The predicted octanol–water partition coefficient (Wildman–Crippen LogP) is 1.06. The molecule has 0 spiro atoms. The zero-order valence-corrected chi connectivity index (χ0v) is 7.08. The van der Waals surface area contributed by atoms with E-state index in [1.807, 2.05) is 19.1 Å². The van der Waals surface area contributed by atoms with Crippen molar-refractivity contribution in [3.05, 3.63) is 36.3 Å². The van der Waals surface area contributed by atoms with Gasteiger partial charge < -0.3 is 4.42 Å². The van der Waals surface area contributed by atoms with E-state index in [9.17, 15) is 0 Å². The topological polar surface area (TPSA) is 56.2 Å². The largest absolute Gasteiger partial charge is 0.460 e. The van der Waals surface area contributed by atoms with Crippen LogP contribution in [0.2, 0.25) is 0 Å². The van der Waals surface area contributed by atoms with E-state index in [4.69, 9.17) is 4.42 Å². The lowest BCUT2D eigenvalue weighted by molar-refractivity contribution is 0.527. The molecule has 0 amide bonds. The summed E-state index contributed by atoms with van der Waals surface area (Å²) in [6.45, 7) is 1.88.